The van der Waals surface area contributed by atoms with Crippen LogP contribution in [0, 0.1) is 0 Å². The third-order valence-electron chi connectivity index (χ3n) is 3.73. The molecule has 1 heterocycles. The molecular formula is C19H23ClN2O2S. The van der Waals surface area contributed by atoms with E-state index in [9.17, 15) is 0 Å². The van der Waals surface area contributed by atoms with Crippen LogP contribution in [-0.2, 0) is 4.74 Å². The minimum Gasteiger partial charge on any atom is -0.457 e. The van der Waals surface area contributed by atoms with Gasteiger partial charge in [-0.3, -0.25) is 0 Å². The lowest BCUT2D eigenvalue weighted by atomic mass is 10.1. The molecule has 0 aliphatic rings. The van der Waals surface area contributed by atoms with Gasteiger partial charge in [0.15, 0.2) is 0 Å². The Morgan fingerprint density at radius 1 is 1.08 bits per heavy atom. The molecule has 0 spiro atoms. The van der Waals surface area contributed by atoms with Crippen molar-refractivity contribution in [3.8, 4) is 17.0 Å². The van der Waals surface area contributed by atoms with E-state index in [1.54, 1.807) is 0 Å². The van der Waals surface area contributed by atoms with Crippen LogP contribution in [0.5, 0.6) is 5.88 Å². The highest BCUT2D eigenvalue weighted by Crippen LogP contribution is 2.34. The Balaban J connectivity index is 1.88. The molecule has 6 heteroatoms. The number of nitrogens with zero attached hydrogens (tertiary/aromatic N) is 2. The third kappa shape index (κ3) is 6.59. The second-order valence-corrected chi connectivity index (χ2v) is 6.45. The van der Waals surface area contributed by atoms with Crippen LogP contribution in [0.15, 0.2) is 36.5 Å². The van der Waals surface area contributed by atoms with E-state index in [4.69, 9.17) is 33.3 Å². The van der Waals surface area contributed by atoms with E-state index in [0.29, 0.717) is 17.2 Å². The maximum Gasteiger partial charge on any atom is 0.359 e. The average molecular weight is 379 g/mol. The zero-order valence-corrected chi connectivity index (χ0v) is 16.0. The van der Waals surface area contributed by atoms with Crippen molar-refractivity contribution in [3.63, 3.8) is 0 Å². The number of hydrogen-bond donors (Lipinski definition) is 0. The maximum atomic E-state index is 6.27. The fourth-order valence-electron chi connectivity index (χ4n) is 2.43. The molecule has 0 unspecified atom stereocenters. The summed E-state index contributed by atoms with van der Waals surface area (Å²) in [5.74, 6) is 0.256. The Morgan fingerprint density at radius 3 is 2.56 bits per heavy atom. The SMILES string of the molecule is CCCCCCCCOC(=S)Oc1nncc(Cl)c1-c1ccccc1. The van der Waals surface area contributed by atoms with Crippen LogP contribution in [0.4, 0.5) is 0 Å². The quantitative estimate of drug-likeness (QED) is 0.405. The average Bonchev–Trinajstić information content (AvgIpc) is 2.62. The molecule has 0 radical (unpaired) electrons. The van der Waals surface area contributed by atoms with Crippen LogP contribution >= 0.6 is 23.8 Å². The molecule has 0 atom stereocenters. The molecule has 4 nitrogen and oxygen atoms in total. The predicted octanol–water partition coefficient (Wildman–Crippen LogP) is 5.84. The summed E-state index contributed by atoms with van der Waals surface area (Å²) in [6, 6.07) is 9.62. The first-order chi connectivity index (χ1) is 12.2. The highest BCUT2D eigenvalue weighted by Gasteiger charge is 2.15. The number of benzene rings is 1. The molecule has 0 bridgehead atoms. The van der Waals surface area contributed by atoms with Crippen molar-refractivity contribution in [2.24, 2.45) is 0 Å². The Morgan fingerprint density at radius 2 is 1.80 bits per heavy atom. The van der Waals surface area contributed by atoms with Gasteiger partial charge in [0.1, 0.15) is 0 Å². The molecule has 1 aromatic heterocycles. The van der Waals surface area contributed by atoms with Crippen LogP contribution < -0.4 is 4.74 Å². The minimum absolute atomic E-state index is 0.0438. The normalized spacial score (nSPS) is 10.5. The van der Waals surface area contributed by atoms with Crippen molar-refractivity contribution in [1.82, 2.24) is 10.2 Å². The first-order valence-electron chi connectivity index (χ1n) is 8.63. The highest BCUT2D eigenvalue weighted by atomic mass is 35.5. The standard InChI is InChI=1S/C19H23ClN2O2S/c1-2-3-4-5-6-10-13-23-19(25)24-18-17(16(20)14-21-22-18)15-11-8-7-9-12-15/h7-9,11-12,14H,2-6,10,13H2,1H3. The summed E-state index contributed by atoms with van der Waals surface area (Å²) < 4.78 is 11.1. The Labute approximate surface area is 159 Å². The Hall–Kier alpha value is -1.72. The van der Waals surface area contributed by atoms with E-state index in [2.05, 4.69) is 17.1 Å². The molecule has 2 rings (SSSR count). The molecule has 134 valence electrons. The van der Waals surface area contributed by atoms with Crippen LogP contribution in [0.2, 0.25) is 5.02 Å². The largest absolute Gasteiger partial charge is 0.457 e. The summed E-state index contributed by atoms with van der Waals surface area (Å²) in [6.45, 7) is 2.75. The lowest BCUT2D eigenvalue weighted by Gasteiger charge is -2.12. The highest BCUT2D eigenvalue weighted by molar-refractivity contribution is 7.79. The summed E-state index contributed by atoms with van der Waals surface area (Å²) in [5.41, 5.74) is 1.54. The van der Waals surface area contributed by atoms with Crippen LogP contribution in [0.25, 0.3) is 11.1 Å². The molecule has 0 fully saturated rings. The molecule has 2 aromatic rings. The fraction of sp³-hybridized carbons (Fsp3) is 0.421. The monoisotopic (exact) mass is 378 g/mol. The van der Waals surface area contributed by atoms with Gasteiger partial charge < -0.3 is 9.47 Å². The van der Waals surface area contributed by atoms with Gasteiger partial charge in [-0.2, -0.15) is 5.10 Å². The van der Waals surface area contributed by atoms with Gasteiger partial charge in [-0.1, -0.05) is 81.0 Å². The van der Waals surface area contributed by atoms with Gasteiger partial charge in [0.05, 0.1) is 23.4 Å². The first-order valence-corrected chi connectivity index (χ1v) is 9.42. The zero-order chi connectivity index (χ0) is 17.9. The van der Waals surface area contributed by atoms with E-state index < -0.39 is 0 Å². The lowest BCUT2D eigenvalue weighted by molar-refractivity contribution is 0.237. The smallest absolute Gasteiger partial charge is 0.359 e. The third-order valence-corrected chi connectivity index (χ3v) is 4.22. The minimum atomic E-state index is 0.0438. The van der Waals surface area contributed by atoms with Crippen molar-refractivity contribution in [2.45, 2.75) is 45.4 Å². The number of ether oxygens (including phenoxy) is 2. The van der Waals surface area contributed by atoms with Crippen molar-refractivity contribution in [1.29, 1.82) is 0 Å². The Bertz CT molecular complexity index is 668. The molecule has 0 aliphatic carbocycles. The molecule has 0 saturated carbocycles. The zero-order valence-electron chi connectivity index (χ0n) is 14.4. The molecule has 0 saturated heterocycles. The molecule has 0 amide bonds. The number of thiocarbonyl (C=S) groups is 1. The summed E-state index contributed by atoms with van der Waals surface area (Å²) in [4.78, 5) is 0. The van der Waals surface area contributed by atoms with Gasteiger partial charge in [0.25, 0.3) is 5.88 Å². The van der Waals surface area contributed by atoms with Crippen LogP contribution in [0.1, 0.15) is 45.4 Å². The number of unbranched alkanes of at least 4 members (excludes halogenated alkanes) is 5. The number of hydrogen-bond acceptors (Lipinski definition) is 5. The topological polar surface area (TPSA) is 44.2 Å². The summed E-state index contributed by atoms with van der Waals surface area (Å²) in [5, 5.41) is 8.35. The van der Waals surface area contributed by atoms with E-state index >= 15 is 0 Å². The van der Waals surface area contributed by atoms with Crippen LogP contribution in [0.3, 0.4) is 0 Å². The number of rotatable bonds is 9. The van der Waals surface area contributed by atoms with E-state index in [1.165, 1.54) is 31.9 Å². The second-order valence-electron chi connectivity index (χ2n) is 5.71. The molecule has 1 aromatic carbocycles. The van der Waals surface area contributed by atoms with Crippen molar-refractivity contribution in [2.75, 3.05) is 6.61 Å². The van der Waals surface area contributed by atoms with Crippen molar-refractivity contribution >= 4 is 29.1 Å². The number of aromatic nitrogens is 2. The molecule has 0 aliphatic heterocycles. The van der Waals surface area contributed by atoms with Gasteiger partial charge >= 0.3 is 5.24 Å². The van der Waals surface area contributed by atoms with E-state index in [0.717, 1.165) is 18.4 Å². The Kier molecular flexibility index (Phi) is 8.63. The van der Waals surface area contributed by atoms with Crippen molar-refractivity contribution < 1.29 is 9.47 Å². The van der Waals surface area contributed by atoms with Gasteiger partial charge in [-0.05, 0) is 12.0 Å². The first kappa shape index (κ1) is 19.6. The van der Waals surface area contributed by atoms with E-state index in [1.807, 2.05) is 30.3 Å². The predicted molar refractivity (Wildman–Crippen MR) is 105 cm³/mol. The van der Waals surface area contributed by atoms with Crippen molar-refractivity contribution in [3.05, 3.63) is 41.6 Å². The summed E-state index contributed by atoms with van der Waals surface area (Å²) in [6.07, 6.45) is 8.61. The van der Waals surface area contributed by atoms with Gasteiger partial charge in [-0.25, -0.2) is 0 Å². The fourth-order valence-corrected chi connectivity index (χ4v) is 2.83. The van der Waals surface area contributed by atoms with E-state index in [-0.39, 0.29) is 11.1 Å². The summed E-state index contributed by atoms with van der Waals surface area (Å²) in [7, 11) is 0. The van der Waals surface area contributed by atoms with Gasteiger partial charge in [0.2, 0.25) is 0 Å². The lowest BCUT2D eigenvalue weighted by Crippen LogP contribution is -2.13. The van der Waals surface area contributed by atoms with Gasteiger partial charge in [0, 0.05) is 12.2 Å². The molecule has 25 heavy (non-hydrogen) atoms. The molecule has 0 N–H and O–H groups in total. The number of halogens is 1. The maximum absolute atomic E-state index is 6.27. The van der Waals surface area contributed by atoms with Crippen LogP contribution in [-0.4, -0.2) is 22.0 Å². The molecular weight excluding hydrogens is 356 g/mol. The second kappa shape index (κ2) is 11.0. The van der Waals surface area contributed by atoms with Gasteiger partial charge in [-0.15, -0.1) is 5.10 Å². The summed E-state index contributed by atoms with van der Waals surface area (Å²) >= 11 is 11.4.